The molecule has 0 bridgehead atoms. The average molecular weight is 1120 g/mol. The minimum atomic E-state index is -2.01. The van der Waals surface area contributed by atoms with Crippen LogP contribution in [0, 0.1) is 0 Å². The van der Waals surface area contributed by atoms with E-state index in [4.69, 9.17) is 48.5 Å². The molecule has 3 saturated heterocycles. The molecule has 5 aliphatic rings. The summed E-state index contributed by atoms with van der Waals surface area (Å²) in [5, 5.41) is 55.6. The first kappa shape index (κ1) is 58.7. The van der Waals surface area contributed by atoms with Gasteiger partial charge in [-0.2, -0.15) is 0 Å². The molecule has 26 nitrogen and oxygen atoms in total. The molecule has 3 fully saturated rings. The van der Waals surface area contributed by atoms with Crippen LogP contribution in [-0.4, -0.2) is 200 Å². The predicted molar refractivity (Wildman–Crippen MR) is 280 cm³/mol. The van der Waals surface area contributed by atoms with E-state index in [1.54, 1.807) is 23.2 Å². The minimum Gasteiger partial charge on any atom is -0.493 e. The molecule has 5 heterocycles. The lowest BCUT2D eigenvalue weighted by molar-refractivity contribution is -0.271. The van der Waals surface area contributed by atoms with Crippen molar-refractivity contribution in [2.24, 2.45) is 10.9 Å². The summed E-state index contributed by atoms with van der Waals surface area (Å²) >= 11 is 0. The number of anilines is 1. The van der Waals surface area contributed by atoms with E-state index in [-0.39, 0.29) is 111 Å². The number of unbranched alkanes of at least 4 members (excludes halogenated alkanes) is 2. The van der Waals surface area contributed by atoms with E-state index in [9.17, 15) is 49.5 Å². The number of amides is 4. The van der Waals surface area contributed by atoms with Gasteiger partial charge in [0.2, 0.25) is 6.29 Å². The number of methoxy groups -OCH3 is 2. The predicted octanol–water partition coefficient (Wildman–Crippen LogP) is 1.99. The number of hydrogen-bond acceptors (Lipinski definition) is 21. The van der Waals surface area contributed by atoms with Crippen molar-refractivity contribution < 1.29 is 97.0 Å². The number of carboxylic acids is 1. The monoisotopic (exact) mass is 1120 g/mol. The number of aliphatic hydroxyl groups is 4. The first-order valence-corrected chi connectivity index (χ1v) is 25.8. The number of aliphatic carboxylic acids is 1. The number of nitrogens with zero attached hydrogens (tertiary/aromatic N) is 4. The van der Waals surface area contributed by atoms with E-state index in [1.165, 1.54) is 49.5 Å². The van der Waals surface area contributed by atoms with Gasteiger partial charge in [0, 0.05) is 38.0 Å². The highest BCUT2D eigenvalue weighted by molar-refractivity contribution is 6.06. The number of carboxylic acid groups (broad SMARTS) is 1. The lowest BCUT2D eigenvalue weighted by Gasteiger charge is -2.38. The molecule has 26 heteroatoms. The summed E-state index contributed by atoms with van der Waals surface area (Å²) in [7, 11) is 2.90. The average Bonchev–Trinajstić information content (AvgIpc) is 4.04. The van der Waals surface area contributed by atoms with Crippen LogP contribution in [0.1, 0.15) is 68.7 Å². The summed E-state index contributed by atoms with van der Waals surface area (Å²) in [6.07, 6.45) is -8.21. The van der Waals surface area contributed by atoms with Crippen LogP contribution in [0.3, 0.4) is 0 Å². The maximum atomic E-state index is 14.4. The Morgan fingerprint density at radius 1 is 0.750 bits per heavy atom. The minimum absolute atomic E-state index is 0.00199. The van der Waals surface area contributed by atoms with Crippen LogP contribution < -0.4 is 39.8 Å². The number of fused-ring (bicyclic) bond motifs is 4. The van der Waals surface area contributed by atoms with Crippen molar-refractivity contribution in [3.8, 4) is 28.7 Å². The van der Waals surface area contributed by atoms with Gasteiger partial charge < -0.3 is 88.1 Å². The zero-order valence-corrected chi connectivity index (χ0v) is 44.2. The van der Waals surface area contributed by atoms with Crippen LogP contribution in [-0.2, 0) is 35.2 Å². The number of carbonyl (C=O) groups is 5. The molecule has 3 aromatic carbocycles. The number of hydrogen-bond donors (Lipinski definition) is 7. The highest BCUT2D eigenvalue weighted by Crippen LogP contribution is 2.43. The van der Waals surface area contributed by atoms with E-state index in [1.807, 2.05) is 0 Å². The van der Waals surface area contributed by atoms with E-state index in [2.05, 4.69) is 28.3 Å². The van der Waals surface area contributed by atoms with Crippen LogP contribution in [0.5, 0.6) is 28.7 Å². The third-order valence-electron chi connectivity index (χ3n) is 13.8. The number of rotatable bonds is 25. The second-order valence-corrected chi connectivity index (χ2v) is 19.4. The Bertz CT molecular complexity index is 2830. The van der Waals surface area contributed by atoms with Gasteiger partial charge in [0.05, 0.1) is 101 Å². The SMILES string of the molecule is C=C1C[C@H]2C=Nc3cc(OCCCCCOc4cc5c(cc4OC)C(=O)N4CC(=C)C[C@H]4C(O)N5C(=O)OCc4ccc(O[C@@H]5OC(C(=O)O)[C@@H](O)[C@H](O)[C@H]5O)c(C(=O)NCCOCCOCCON)c4)c(OC)cc3C(=O)N2C1. The molecule has 0 aromatic heterocycles. The Hall–Kier alpha value is -7.40. The Morgan fingerprint density at radius 2 is 1.40 bits per heavy atom. The molecule has 8 N–H and O–H groups in total. The standard InChI is InChI=1S/C54H66N6O20/c1-29-18-32-25-57-36-23-42(40(71-3)21-33(36)49(65)58(32)26-29)75-11-6-5-7-12-76-43-24-37-34(22-41(43)72-4)50(66)59-27-30(2)19-38(59)51(67)60(37)54(70)77-28-31-8-9-39(79-53-46(63)44(61)45(62)47(80-53)52(68)69)35(20-31)48(64)56-10-13-73-14-15-74-16-17-78-55/h8-9,20-25,32,38,44-47,51,53,61-63,67H,1-2,5-7,10-19,26-28,55H2,3-4H3,(H,56,64)(H,68,69)/t32-,38-,44-,45-,46+,47?,51?,53+/m0/s1. The summed E-state index contributed by atoms with van der Waals surface area (Å²) < 4.78 is 51.3. The first-order chi connectivity index (χ1) is 38.5. The van der Waals surface area contributed by atoms with Crippen molar-refractivity contribution in [1.82, 2.24) is 15.1 Å². The Labute approximate surface area is 459 Å². The topological polar surface area (TPSA) is 339 Å². The van der Waals surface area contributed by atoms with Crippen molar-refractivity contribution in [2.75, 3.05) is 85.0 Å². The van der Waals surface area contributed by atoms with Crippen LogP contribution >= 0.6 is 0 Å². The molecule has 432 valence electrons. The van der Waals surface area contributed by atoms with E-state index in [0.717, 1.165) is 10.5 Å². The summed E-state index contributed by atoms with van der Waals surface area (Å²) in [6, 6.07) is 9.05. The molecule has 8 atom stereocenters. The van der Waals surface area contributed by atoms with Gasteiger partial charge in [0.25, 0.3) is 17.7 Å². The molecule has 0 spiro atoms. The normalized spacial score (nSPS) is 23.1. The van der Waals surface area contributed by atoms with Crippen LogP contribution in [0.25, 0.3) is 0 Å². The molecule has 0 aliphatic carbocycles. The fourth-order valence-corrected chi connectivity index (χ4v) is 9.73. The van der Waals surface area contributed by atoms with Crippen molar-refractivity contribution in [3.05, 3.63) is 89.0 Å². The Balaban J connectivity index is 0.946. The van der Waals surface area contributed by atoms with Gasteiger partial charge in [-0.15, -0.1) is 0 Å². The van der Waals surface area contributed by atoms with Crippen LogP contribution in [0.15, 0.2) is 71.8 Å². The van der Waals surface area contributed by atoms with Crippen LogP contribution in [0.4, 0.5) is 16.2 Å². The molecule has 5 aliphatic heterocycles. The molecule has 4 amide bonds. The number of benzene rings is 3. The van der Waals surface area contributed by atoms with E-state index < -0.39 is 73.5 Å². The van der Waals surface area contributed by atoms with Gasteiger partial charge >= 0.3 is 12.1 Å². The smallest absolute Gasteiger partial charge is 0.416 e. The maximum absolute atomic E-state index is 14.4. The molecule has 3 aromatic rings. The molecular formula is C54H66N6O20. The van der Waals surface area contributed by atoms with Crippen molar-refractivity contribution in [2.45, 2.75) is 87.7 Å². The zero-order valence-electron chi connectivity index (χ0n) is 44.2. The quantitative estimate of drug-likeness (QED) is 0.0362. The molecule has 0 radical (unpaired) electrons. The number of carbonyl (C=O) groups excluding carboxylic acids is 4. The number of aliphatic hydroxyl groups excluding tert-OH is 4. The van der Waals surface area contributed by atoms with Gasteiger partial charge in [-0.25, -0.2) is 20.4 Å². The highest BCUT2D eigenvalue weighted by Gasteiger charge is 2.49. The van der Waals surface area contributed by atoms with E-state index >= 15 is 0 Å². The number of ether oxygens (including phenoxy) is 9. The number of nitrogens with one attached hydrogen (secondary N) is 1. The molecular weight excluding hydrogens is 1050 g/mol. The van der Waals surface area contributed by atoms with Gasteiger partial charge in [0.15, 0.2) is 35.3 Å². The lowest BCUT2D eigenvalue weighted by atomic mass is 9.99. The van der Waals surface area contributed by atoms with Crippen LogP contribution in [0.2, 0.25) is 0 Å². The number of aliphatic imine (C=N–C) groups is 1. The van der Waals surface area contributed by atoms with Gasteiger partial charge in [-0.1, -0.05) is 30.4 Å². The van der Waals surface area contributed by atoms with Crippen molar-refractivity contribution in [1.29, 1.82) is 0 Å². The third-order valence-corrected chi connectivity index (χ3v) is 13.8. The second kappa shape index (κ2) is 26.7. The van der Waals surface area contributed by atoms with Gasteiger partial charge in [-0.05, 0) is 61.9 Å². The summed E-state index contributed by atoms with van der Waals surface area (Å²) in [6.45, 7) is 9.44. The molecule has 80 heavy (non-hydrogen) atoms. The van der Waals surface area contributed by atoms with Gasteiger partial charge in [-0.3, -0.25) is 19.4 Å². The largest absolute Gasteiger partial charge is 0.493 e. The molecule has 8 rings (SSSR count). The molecule has 0 saturated carbocycles. The first-order valence-electron chi connectivity index (χ1n) is 25.8. The Morgan fingerprint density at radius 3 is 2.10 bits per heavy atom. The Kier molecular flexibility index (Phi) is 19.6. The number of nitrogens with two attached hydrogens (primary N) is 1. The molecule has 2 unspecified atom stereocenters. The summed E-state index contributed by atoms with van der Waals surface area (Å²) in [5.74, 6) is 2.83. The summed E-state index contributed by atoms with van der Waals surface area (Å²) in [4.78, 5) is 80.8. The maximum Gasteiger partial charge on any atom is 0.416 e. The van der Waals surface area contributed by atoms with Crippen molar-refractivity contribution >= 4 is 47.4 Å². The highest BCUT2D eigenvalue weighted by atomic mass is 16.7. The second-order valence-electron chi connectivity index (χ2n) is 19.4. The fraction of sp³-hybridized carbons (Fsp3) is 0.481. The lowest BCUT2D eigenvalue weighted by Crippen LogP contribution is -2.61. The van der Waals surface area contributed by atoms with E-state index in [0.29, 0.717) is 67.2 Å². The van der Waals surface area contributed by atoms with Gasteiger partial charge in [0.1, 0.15) is 30.7 Å². The third kappa shape index (κ3) is 13.3. The van der Waals surface area contributed by atoms with Crippen molar-refractivity contribution in [3.63, 3.8) is 0 Å². The summed E-state index contributed by atoms with van der Waals surface area (Å²) in [5.41, 5.74) is 2.46. The zero-order chi connectivity index (χ0) is 57.2. The fourth-order valence-electron chi connectivity index (χ4n) is 9.73.